The van der Waals surface area contributed by atoms with Gasteiger partial charge in [0.2, 0.25) is 0 Å². The van der Waals surface area contributed by atoms with Gasteiger partial charge in [0, 0.05) is 13.1 Å². The lowest BCUT2D eigenvalue weighted by Crippen LogP contribution is -2.23. The zero-order chi connectivity index (χ0) is 12.7. The Kier molecular flexibility index (Phi) is 5.37. The third-order valence-corrected chi connectivity index (χ3v) is 1.93. The van der Waals surface area contributed by atoms with Crippen LogP contribution in [-0.2, 0) is 11.3 Å². The predicted molar refractivity (Wildman–Crippen MR) is 55.0 cm³/mol. The fourth-order valence-corrected chi connectivity index (χ4v) is 1.17. The van der Waals surface area contributed by atoms with Gasteiger partial charge in [0.15, 0.2) is 0 Å². The number of halogens is 4. The normalized spacial score (nSPS) is 11.8. The fraction of sp³-hybridized carbons (Fsp3) is 0.455. The first-order valence-corrected chi connectivity index (χ1v) is 5.07. The van der Waals surface area contributed by atoms with Crippen molar-refractivity contribution in [1.29, 1.82) is 0 Å². The van der Waals surface area contributed by atoms with Crippen molar-refractivity contribution in [2.45, 2.75) is 12.7 Å². The molecule has 0 saturated heterocycles. The second kappa shape index (κ2) is 6.56. The summed E-state index contributed by atoms with van der Waals surface area (Å²) in [6.07, 6.45) is -4.28. The molecule has 0 aromatic heterocycles. The molecule has 0 atom stereocenters. The van der Waals surface area contributed by atoms with Gasteiger partial charge in [-0.05, 0) is 17.7 Å². The van der Waals surface area contributed by atoms with E-state index in [9.17, 15) is 17.6 Å². The van der Waals surface area contributed by atoms with Crippen LogP contribution in [0, 0.1) is 5.82 Å². The van der Waals surface area contributed by atoms with Crippen LogP contribution in [0.2, 0.25) is 0 Å². The summed E-state index contributed by atoms with van der Waals surface area (Å²) in [7, 11) is 0. The second-order valence-electron chi connectivity index (χ2n) is 3.47. The van der Waals surface area contributed by atoms with E-state index in [2.05, 4.69) is 10.1 Å². The quantitative estimate of drug-likeness (QED) is 0.619. The largest absolute Gasteiger partial charge is 0.411 e. The molecule has 0 radical (unpaired) electrons. The average Bonchev–Trinajstić information content (AvgIpc) is 2.24. The molecule has 0 amide bonds. The summed E-state index contributed by atoms with van der Waals surface area (Å²) >= 11 is 0. The zero-order valence-corrected chi connectivity index (χ0v) is 9.06. The van der Waals surface area contributed by atoms with Crippen molar-refractivity contribution < 1.29 is 22.3 Å². The lowest BCUT2D eigenvalue weighted by Gasteiger charge is -2.08. The molecule has 0 spiro atoms. The molecule has 1 N–H and O–H groups in total. The van der Waals surface area contributed by atoms with E-state index < -0.39 is 12.8 Å². The highest BCUT2D eigenvalue weighted by atomic mass is 19.4. The molecule has 17 heavy (non-hydrogen) atoms. The number of ether oxygens (including phenoxy) is 1. The van der Waals surface area contributed by atoms with Gasteiger partial charge in [-0.15, -0.1) is 0 Å². The van der Waals surface area contributed by atoms with Gasteiger partial charge in [0.25, 0.3) is 0 Å². The molecule has 1 rings (SSSR count). The van der Waals surface area contributed by atoms with Crippen molar-refractivity contribution >= 4 is 0 Å². The van der Waals surface area contributed by atoms with Crippen molar-refractivity contribution in [3.05, 3.63) is 35.6 Å². The summed E-state index contributed by atoms with van der Waals surface area (Å²) in [5.41, 5.74) is 0.863. The van der Waals surface area contributed by atoms with Gasteiger partial charge in [0.1, 0.15) is 12.4 Å². The zero-order valence-electron chi connectivity index (χ0n) is 9.06. The third kappa shape index (κ3) is 6.91. The number of alkyl halides is 3. The third-order valence-electron chi connectivity index (χ3n) is 1.93. The van der Waals surface area contributed by atoms with Crippen LogP contribution in [0.4, 0.5) is 17.6 Å². The smallest absolute Gasteiger partial charge is 0.371 e. The van der Waals surface area contributed by atoms with Gasteiger partial charge in [0.05, 0.1) is 6.61 Å². The Morgan fingerprint density at radius 2 is 1.76 bits per heavy atom. The van der Waals surface area contributed by atoms with Crippen LogP contribution in [0.25, 0.3) is 0 Å². The lowest BCUT2D eigenvalue weighted by molar-refractivity contribution is -0.173. The van der Waals surface area contributed by atoms with Gasteiger partial charge in [-0.25, -0.2) is 4.39 Å². The van der Waals surface area contributed by atoms with Crippen LogP contribution in [0.3, 0.4) is 0 Å². The van der Waals surface area contributed by atoms with Gasteiger partial charge in [-0.3, -0.25) is 0 Å². The molecule has 1 aromatic carbocycles. The van der Waals surface area contributed by atoms with E-state index in [1.54, 1.807) is 12.1 Å². The van der Waals surface area contributed by atoms with Crippen molar-refractivity contribution in [1.82, 2.24) is 5.32 Å². The van der Waals surface area contributed by atoms with E-state index in [0.29, 0.717) is 13.1 Å². The molecule has 0 heterocycles. The van der Waals surface area contributed by atoms with Gasteiger partial charge in [-0.2, -0.15) is 13.2 Å². The summed E-state index contributed by atoms with van der Waals surface area (Å²) in [5.74, 6) is -0.317. The monoisotopic (exact) mass is 251 g/mol. The minimum absolute atomic E-state index is 0.0132. The van der Waals surface area contributed by atoms with Crippen LogP contribution in [0.5, 0.6) is 0 Å². The maximum Gasteiger partial charge on any atom is 0.411 e. The Balaban J connectivity index is 2.07. The predicted octanol–water partition coefficient (Wildman–Crippen LogP) is 2.49. The molecular formula is C11H13F4NO. The van der Waals surface area contributed by atoms with Crippen LogP contribution >= 0.6 is 0 Å². The molecule has 2 nitrogen and oxygen atoms in total. The second-order valence-corrected chi connectivity index (χ2v) is 3.47. The number of hydrogen-bond donors (Lipinski definition) is 1. The molecule has 1 aromatic rings. The Hall–Kier alpha value is -1.14. The molecule has 0 aliphatic carbocycles. The minimum Gasteiger partial charge on any atom is -0.371 e. The highest BCUT2D eigenvalue weighted by Gasteiger charge is 2.27. The van der Waals surface area contributed by atoms with E-state index in [1.165, 1.54) is 12.1 Å². The molecule has 0 aliphatic rings. The Labute approximate surface area is 96.6 Å². The number of benzene rings is 1. The molecule has 0 saturated carbocycles. The van der Waals surface area contributed by atoms with Crippen molar-refractivity contribution in [3.8, 4) is 0 Å². The first-order chi connectivity index (χ1) is 7.97. The number of nitrogens with one attached hydrogen (secondary N) is 1. The summed E-state index contributed by atoms with van der Waals surface area (Å²) in [4.78, 5) is 0. The van der Waals surface area contributed by atoms with Gasteiger partial charge >= 0.3 is 6.18 Å². The standard InChI is InChI=1S/C11H13F4NO/c12-10-3-1-9(2-4-10)7-16-5-6-17-8-11(13,14)15/h1-4,16H,5-8H2. The van der Waals surface area contributed by atoms with Crippen molar-refractivity contribution in [2.24, 2.45) is 0 Å². The molecular weight excluding hydrogens is 238 g/mol. The van der Waals surface area contributed by atoms with Crippen molar-refractivity contribution in [2.75, 3.05) is 19.8 Å². The Morgan fingerprint density at radius 1 is 1.12 bits per heavy atom. The first-order valence-electron chi connectivity index (χ1n) is 5.07. The molecule has 6 heteroatoms. The Morgan fingerprint density at radius 3 is 2.35 bits per heavy atom. The number of rotatable bonds is 6. The molecule has 0 fully saturated rings. The first kappa shape index (κ1) is 13.9. The summed E-state index contributed by atoms with van der Waals surface area (Å²) in [6.45, 7) is -0.463. The summed E-state index contributed by atoms with van der Waals surface area (Å²) in [5, 5.41) is 2.89. The van der Waals surface area contributed by atoms with E-state index in [0.717, 1.165) is 5.56 Å². The van der Waals surface area contributed by atoms with Crippen LogP contribution in [0.15, 0.2) is 24.3 Å². The Bertz CT molecular complexity index is 323. The molecule has 0 aliphatic heterocycles. The van der Waals surface area contributed by atoms with Crippen molar-refractivity contribution in [3.63, 3.8) is 0 Å². The maximum absolute atomic E-state index is 12.5. The number of hydrogen-bond acceptors (Lipinski definition) is 2. The van der Waals surface area contributed by atoms with Crippen LogP contribution in [-0.4, -0.2) is 25.9 Å². The summed E-state index contributed by atoms with van der Waals surface area (Å²) < 4.78 is 52.0. The average molecular weight is 251 g/mol. The summed E-state index contributed by atoms with van der Waals surface area (Å²) in [6, 6.07) is 5.88. The highest BCUT2D eigenvalue weighted by molar-refractivity contribution is 5.15. The van der Waals surface area contributed by atoms with E-state index in [-0.39, 0.29) is 12.4 Å². The van der Waals surface area contributed by atoms with E-state index >= 15 is 0 Å². The van der Waals surface area contributed by atoms with Crippen LogP contribution < -0.4 is 5.32 Å². The molecule has 0 unspecified atom stereocenters. The molecule has 0 bridgehead atoms. The topological polar surface area (TPSA) is 21.3 Å². The lowest BCUT2D eigenvalue weighted by atomic mass is 10.2. The fourth-order valence-electron chi connectivity index (χ4n) is 1.17. The minimum atomic E-state index is -4.28. The molecule has 96 valence electrons. The SMILES string of the molecule is Fc1ccc(CNCCOCC(F)(F)F)cc1. The van der Waals surface area contributed by atoms with Gasteiger partial charge < -0.3 is 10.1 Å². The maximum atomic E-state index is 12.5. The van der Waals surface area contributed by atoms with Crippen LogP contribution in [0.1, 0.15) is 5.56 Å². The highest BCUT2D eigenvalue weighted by Crippen LogP contribution is 2.13. The van der Waals surface area contributed by atoms with E-state index in [4.69, 9.17) is 0 Å². The van der Waals surface area contributed by atoms with Gasteiger partial charge in [-0.1, -0.05) is 12.1 Å². The van der Waals surface area contributed by atoms with E-state index in [1.807, 2.05) is 0 Å².